The van der Waals surface area contributed by atoms with E-state index in [2.05, 4.69) is 10.0 Å². The molecule has 1 atom stereocenters. The Labute approximate surface area is 120 Å². The predicted octanol–water partition coefficient (Wildman–Crippen LogP) is 1.56. The summed E-state index contributed by atoms with van der Waals surface area (Å²) in [4.78, 5) is 0.242. The van der Waals surface area contributed by atoms with Gasteiger partial charge in [-0.15, -0.1) is 0 Å². The lowest BCUT2D eigenvalue weighted by molar-refractivity contribution is 0.249. The highest BCUT2D eigenvalue weighted by Gasteiger charge is 2.29. The van der Waals surface area contributed by atoms with Crippen molar-refractivity contribution in [3.8, 4) is 0 Å². The topological polar surface area (TPSA) is 78.4 Å². The lowest BCUT2D eigenvalue weighted by Crippen LogP contribution is -2.32. The molecule has 0 spiro atoms. The highest BCUT2D eigenvalue weighted by atomic mass is 32.2. The van der Waals surface area contributed by atoms with Gasteiger partial charge in [0, 0.05) is 6.04 Å². The molecule has 3 N–H and O–H groups in total. The molecule has 1 saturated carbocycles. The minimum atomic E-state index is -3.50. The first-order valence-electron chi connectivity index (χ1n) is 6.93. The molecule has 0 radical (unpaired) electrons. The number of sulfonamides is 1. The zero-order valence-electron chi connectivity index (χ0n) is 11.8. The van der Waals surface area contributed by atoms with Crippen molar-refractivity contribution in [1.82, 2.24) is 4.72 Å². The van der Waals surface area contributed by atoms with Crippen LogP contribution in [0.3, 0.4) is 0 Å². The molecule has 0 unspecified atom stereocenters. The molecule has 0 saturated heterocycles. The lowest BCUT2D eigenvalue weighted by atomic mass is 10.1. The molecule has 20 heavy (non-hydrogen) atoms. The summed E-state index contributed by atoms with van der Waals surface area (Å²) in [5.74, 6) is 0.201. The van der Waals surface area contributed by atoms with Crippen LogP contribution in [-0.4, -0.2) is 32.2 Å². The Bertz CT molecular complexity index is 553. The molecular weight excluding hydrogens is 276 g/mol. The fraction of sp³-hybridized carbons (Fsp3) is 0.571. The number of anilines is 1. The quantitative estimate of drug-likeness (QED) is 0.714. The van der Waals surface area contributed by atoms with Gasteiger partial charge in [-0.05, 0) is 30.9 Å². The number of aliphatic hydroxyl groups excluding tert-OH is 1. The van der Waals surface area contributed by atoms with Crippen molar-refractivity contribution < 1.29 is 13.5 Å². The van der Waals surface area contributed by atoms with Crippen LogP contribution in [0.25, 0.3) is 0 Å². The third-order valence-electron chi connectivity index (χ3n) is 3.42. The van der Waals surface area contributed by atoms with Crippen molar-refractivity contribution in [2.45, 2.75) is 43.7 Å². The van der Waals surface area contributed by atoms with Crippen molar-refractivity contribution >= 4 is 15.7 Å². The van der Waals surface area contributed by atoms with Gasteiger partial charge in [0.15, 0.2) is 0 Å². The summed E-state index contributed by atoms with van der Waals surface area (Å²) in [7, 11) is -3.50. The second-order valence-electron chi connectivity index (χ2n) is 5.57. The average molecular weight is 298 g/mol. The number of nitrogens with one attached hydrogen (secondary N) is 2. The largest absolute Gasteiger partial charge is 0.394 e. The van der Waals surface area contributed by atoms with Crippen LogP contribution in [0.4, 0.5) is 5.69 Å². The highest BCUT2D eigenvalue weighted by molar-refractivity contribution is 7.89. The second-order valence-corrected chi connectivity index (χ2v) is 7.25. The zero-order chi connectivity index (χ0) is 14.8. The molecule has 2 rings (SSSR count). The van der Waals surface area contributed by atoms with E-state index in [9.17, 15) is 13.5 Å². The Kier molecular flexibility index (Phi) is 4.67. The highest BCUT2D eigenvalue weighted by Crippen LogP contribution is 2.26. The number of hydrogen-bond donors (Lipinski definition) is 3. The van der Waals surface area contributed by atoms with E-state index < -0.39 is 10.0 Å². The molecular formula is C14H22N2O3S. The van der Waals surface area contributed by atoms with Gasteiger partial charge in [-0.25, -0.2) is 13.1 Å². The summed E-state index contributed by atoms with van der Waals surface area (Å²) < 4.78 is 27.3. The van der Waals surface area contributed by atoms with Gasteiger partial charge in [0.2, 0.25) is 10.0 Å². The summed E-state index contributed by atoms with van der Waals surface area (Å²) in [5.41, 5.74) is 0.536. The van der Waals surface area contributed by atoms with Gasteiger partial charge in [-0.3, -0.25) is 0 Å². The lowest BCUT2D eigenvalue weighted by Gasteiger charge is -2.23. The minimum absolute atomic E-state index is 0.0396. The van der Waals surface area contributed by atoms with E-state index in [1.165, 1.54) is 0 Å². The van der Waals surface area contributed by atoms with Gasteiger partial charge in [-0.1, -0.05) is 26.0 Å². The monoisotopic (exact) mass is 298 g/mol. The second kappa shape index (κ2) is 6.11. The van der Waals surface area contributed by atoms with Gasteiger partial charge in [-0.2, -0.15) is 0 Å². The summed E-state index contributed by atoms with van der Waals surface area (Å²) in [6.07, 6.45) is 1.81. The van der Waals surface area contributed by atoms with E-state index in [1.807, 2.05) is 13.8 Å². The van der Waals surface area contributed by atoms with Crippen LogP contribution in [0.15, 0.2) is 29.2 Å². The molecule has 1 aromatic carbocycles. The smallest absolute Gasteiger partial charge is 0.242 e. The molecule has 0 bridgehead atoms. The Morgan fingerprint density at radius 2 is 1.95 bits per heavy atom. The van der Waals surface area contributed by atoms with Crippen LogP contribution < -0.4 is 10.0 Å². The standard InChI is InChI=1S/C14H22N2O3S/c1-10(2)13(9-17)15-12-5-3-4-6-14(12)20(18,19)16-11-7-8-11/h3-6,10-11,13,15-17H,7-9H2,1-2H3/t13-/m1/s1. The SMILES string of the molecule is CC(C)[C@@H](CO)Nc1ccccc1S(=O)(=O)NC1CC1. The maximum Gasteiger partial charge on any atom is 0.242 e. The van der Waals surface area contributed by atoms with Gasteiger partial charge in [0.25, 0.3) is 0 Å². The van der Waals surface area contributed by atoms with E-state index in [4.69, 9.17) is 0 Å². The van der Waals surface area contributed by atoms with Gasteiger partial charge < -0.3 is 10.4 Å². The van der Waals surface area contributed by atoms with Crippen LogP contribution in [0, 0.1) is 5.92 Å². The zero-order valence-corrected chi connectivity index (χ0v) is 12.7. The number of benzene rings is 1. The molecule has 6 heteroatoms. The van der Waals surface area contributed by atoms with Crippen LogP contribution in [0.5, 0.6) is 0 Å². The number of aliphatic hydroxyl groups is 1. The Morgan fingerprint density at radius 3 is 2.50 bits per heavy atom. The van der Waals surface area contributed by atoms with E-state index >= 15 is 0 Å². The van der Waals surface area contributed by atoms with Crippen molar-refractivity contribution in [3.63, 3.8) is 0 Å². The van der Waals surface area contributed by atoms with Gasteiger partial charge in [0.05, 0.1) is 18.3 Å². The molecule has 5 nitrogen and oxygen atoms in total. The third kappa shape index (κ3) is 3.71. The molecule has 112 valence electrons. The van der Waals surface area contributed by atoms with E-state index in [-0.39, 0.29) is 29.5 Å². The molecule has 0 amide bonds. The maximum atomic E-state index is 12.3. The Balaban J connectivity index is 2.25. The minimum Gasteiger partial charge on any atom is -0.394 e. The first-order valence-corrected chi connectivity index (χ1v) is 8.41. The number of rotatable bonds is 7. The first kappa shape index (κ1) is 15.3. The molecule has 1 aliphatic rings. The molecule has 1 aliphatic carbocycles. The van der Waals surface area contributed by atoms with Crippen molar-refractivity contribution in [3.05, 3.63) is 24.3 Å². The number of hydrogen-bond acceptors (Lipinski definition) is 4. The van der Waals surface area contributed by atoms with Crippen molar-refractivity contribution in [2.24, 2.45) is 5.92 Å². The summed E-state index contributed by atoms with van der Waals surface area (Å²) in [6, 6.07) is 6.71. The van der Waals surface area contributed by atoms with Gasteiger partial charge in [0.1, 0.15) is 4.90 Å². The van der Waals surface area contributed by atoms with Crippen LogP contribution in [0.1, 0.15) is 26.7 Å². The van der Waals surface area contributed by atoms with Crippen molar-refractivity contribution in [2.75, 3.05) is 11.9 Å². The Morgan fingerprint density at radius 1 is 1.30 bits per heavy atom. The van der Waals surface area contributed by atoms with E-state index in [1.54, 1.807) is 24.3 Å². The predicted molar refractivity (Wildman–Crippen MR) is 79.1 cm³/mol. The Hall–Kier alpha value is -1.11. The third-order valence-corrected chi connectivity index (χ3v) is 5.00. The molecule has 0 aliphatic heterocycles. The normalized spacial score (nSPS) is 17.2. The number of para-hydroxylation sites is 1. The van der Waals surface area contributed by atoms with Gasteiger partial charge >= 0.3 is 0 Å². The maximum absolute atomic E-state index is 12.3. The van der Waals surface area contributed by atoms with E-state index in [0.29, 0.717) is 5.69 Å². The molecule has 0 aromatic heterocycles. The van der Waals surface area contributed by atoms with Crippen molar-refractivity contribution in [1.29, 1.82) is 0 Å². The van der Waals surface area contributed by atoms with Crippen LogP contribution in [0.2, 0.25) is 0 Å². The molecule has 1 aromatic rings. The average Bonchev–Trinajstić information content (AvgIpc) is 3.19. The fourth-order valence-corrected chi connectivity index (χ4v) is 3.40. The molecule has 1 fully saturated rings. The summed E-state index contributed by atoms with van der Waals surface area (Å²) in [5, 5.41) is 12.5. The van der Waals surface area contributed by atoms with Crippen LogP contribution >= 0.6 is 0 Å². The summed E-state index contributed by atoms with van der Waals surface area (Å²) >= 11 is 0. The first-order chi connectivity index (χ1) is 9.44. The van der Waals surface area contributed by atoms with Crippen LogP contribution in [-0.2, 0) is 10.0 Å². The molecule has 0 heterocycles. The summed E-state index contributed by atoms with van der Waals surface area (Å²) in [6.45, 7) is 3.92. The van der Waals surface area contributed by atoms with E-state index in [0.717, 1.165) is 12.8 Å². The fourth-order valence-electron chi connectivity index (χ4n) is 1.93.